The quantitative estimate of drug-likeness (QED) is 0.770. The smallest absolute Gasteiger partial charge is 0.223 e. The second kappa shape index (κ2) is 8.73. The first-order valence-electron chi connectivity index (χ1n) is 9.60. The van der Waals surface area contributed by atoms with Crippen molar-refractivity contribution >= 4 is 5.91 Å². The Morgan fingerprint density at radius 3 is 2.23 bits per heavy atom. The third-order valence-corrected chi connectivity index (χ3v) is 5.61. The lowest BCUT2D eigenvalue weighted by Gasteiger charge is -2.35. The van der Waals surface area contributed by atoms with Gasteiger partial charge in [0.05, 0.1) is 14.2 Å². The van der Waals surface area contributed by atoms with Crippen LogP contribution in [0.4, 0.5) is 0 Å². The molecule has 0 aromatic heterocycles. The van der Waals surface area contributed by atoms with Gasteiger partial charge in [0, 0.05) is 52.2 Å². The maximum absolute atomic E-state index is 12.5. The number of carbonyl (C=O) groups excluding carboxylic acids is 1. The molecule has 144 valence electrons. The van der Waals surface area contributed by atoms with Crippen molar-refractivity contribution < 1.29 is 14.3 Å². The van der Waals surface area contributed by atoms with Crippen LogP contribution in [0.3, 0.4) is 0 Å². The summed E-state index contributed by atoms with van der Waals surface area (Å²) >= 11 is 0. The number of benzene rings is 1. The number of hydrogen-bond donors (Lipinski definition) is 0. The Hall–Kier alpha value is -1.79. The van der Waals surface area contributed by atoms with Crippen LogP contribution < -0.4 is 9.47 Å². The Balaban J connectivity index is 1.52. The number of amides is 1. The summed E-state index contributed by atoms with van der Waals surface area (Å²) in [7, 11) is 3.34. The van der Waals surface area contributed by atoms with Gasteiger partial charge >= 0.3 is 0 Å². The van der Waals surface area contributed by atoms with Crippen molar-refractivity contribution in [1.82, 2.24) is 14.7 Å². The van der Waals surface area contributed by atoms with E-state index in [-0.39, 0.29) is 0 Å². The van der Waals surface area contributed by atoms with Gasteiger partial charge in [-0.15, -0.1) is 0 Å². The Kier molecular flexibility index (Phi) is 6.38. The molecule has 1 aromatic rings. The van der Waals surface area contributed by atoms with Crippen LogP contribution in [0.1, 0.15) is 24.5 Å². The van der Waals surface area contributed by atoms with E-state index in [1.54, 1.807) is 14.2 Å². The van der Waals surface area contributed by atoms with Gasteiger partial charge in [-0.1, -0.05) is 6.92 Å². The summed E-state index contributed by atoms with van der Waals surface area (Å²) in [6.07, 6.45) is 1.59. The molecule has 0 aliphatic carbocycles. The first kappa shape index (κ1) is 19.0. The molecule has 0 saturated carbocycles. The minimum atomic E-state index is 0.291. The first-order chi connectivity index (χ1) is 12.6. The zero-order chi connectivity index (χ0) is 18.5. The predicted molar refractivity (Wildman–Crippen MR) is 102 cm³/mol. The second-order valence-corrected chi connectivity index (χ2v) is 7.07. The van der Waals surface area contributed by atoms with Crippen molar-refractivity contribution in [2.24, 2.45) is 0 Å². The van der Waals surface area contributed by atoms with E-state index in [2.05, 4.69) is 28.9 Å². The van der Waals surface area contributed by atoms with Gasteiger partial charge in [-0.3, -0.25) is 9.69 Å². The molecule has 0 unspecified atom stereocenters. The molecule has 1 fully saturated rings. The Labute approximate surface area is 156 Å². The van der Waals surface area contributed by atoms with Gasteiger partial charge < -0.3 is 19.3 Å². The van der Waals surface area contributed by atoms with E-state index in [0.29, 0.717) is 12.3 Å². The lowest BCUT2D eigenvalue weighted by molar-refractivity contribution is -0.133. The van der Waals surface area contributed by atoms with Crippen molar-refractivity contribution in [3.05, 3.63) is 23.3 Å². The van der Waals surface area contributed by atoms with Crippen LogP contribution in [0.5, 0.6) is 11.5 Å². The average molecular weight is 361 g/mol. The third kappa shape index (κ3) is 4.30. The molecule has 0 atom stereocenters. The SMILES string of the molecule is CCN1CCN(C(=O)CCN2CCc3cc(OC)c(OC)cc3C2)CC1. The van der Waals surface area contributed by atoms with E-state index in [1.165, 1.54) is 11.1 Å². The maximum Gasteiger partial charge on any atom is 0.223 e. The number of ether oxygens (including phenoxy) is 2. The fraction of sp³-hybridized carbons (Fsp3) is 0.650. The zero-order valence-electron chi connectivity index (χ0n) is 16.3. The molecule has 2 aliphatic heterocycles. The number of methoxy groups -OCH3 is 2. The number of hydrogen-bond acceptors (Lipinski definition) is 5. The van der Waals surface area contributed by atoms with Crippen LogP contribution in [0.2, 0.25) is 0 Å². The summed E-state index contributed by atoms with van der Waals surface area (Å²) in [5.74, 6) is 1.86. The highest BCUT2D eigenvalue weighted by atomic mass is 16.5. The highest BCUT2D eigenvalue weighted by Crippen LogP contribution is 2.33. The molecule has 0 N–H and O–H groups in total. The summed E-state index contributed by atoms with van der Waals surface area (Å²) in [4.78, 5) is 19.3. The van der Waals surface area contributed by atoms with Gasteiger partial charge in [0.2, 0.25) is 5.91 Å². The largest absolute Gasteiger partial charge is 0.493 e. The average Bonchev–Trinajstić information content (AvgIpc) is 2.70. The minimum absolute atomic E-state index is 0.291. The standard InChI is InChI=1S/C20H31N3O3/c1-4-21-9-11-23(12-10-21)20(24)6-8-22-7-5-16-13-18(25-2)19(26-3)14-17(16)15-22/h13-14H,4-12,15H2,1-3H3. The molecule has 0 radical (unpaired) electrons. The molecule has 0 bridgehead atoms. The van der Waals surface area contributed by atoms with Crippen molar-refractivity contribution in [3.63, 3.8) is 0 Å². The minimum Gasteiger partial charge on any atom is -0.493 e. The van der Waals surface area contributed by atoms with E-state index < -0.39 is 0 Å². The monoisotopic (exact) mass is 361 g/mol. The second-order valence-electron chi connectivity index (χ2n) is 7.07. The fourth-order valence-corrected chi connectivity index (χ4v) is 3.86. The molecule has 2 heterocycles. The molecular weight excluding hydrogens is 330 g/mol. The van der Waals surface area contributed by atoms with Crippen LogP contribution in [-0.4, -0.2) is 80.6 Å². The van der Waals surface area contributed by atoms with E-state index >= 15 is 0 Å². The number of nitrogens with zero attached hydrogens (tertiary/aromatic N) is 3. The number of likely N-dealkylation sites (N-methyl/N-ethyl adjacent to an activating group) is 1. The van der Waals surface area contributed by atoms with Gasteiger partial charge in [0.15, 0.2) is 11.5 Å². The predicted octanol–water partition coefficient (Wildman–Crippen LogP) is 1.62. The maximum atomic E-state index is 12.5. The van der Waals surface area contributed by atoms with Gasteiger partial charge in [-0.25, -0.2) is 0 Å². The van der Waals surface area contributed by atoms with Gasteiger partial charge in [0.25, 0.3) is 0 Å². The summed E-state index contributed by atoms with van der Waals surface area (Å²) < 4.78 is 10.8. The number of piperazine rings is 1. The summed E-state index contributed by atoms with van der Waals surface area (Å²) in [5.41, 5.74) is 2.60. The van der Waals surface area contributed by atoms with Gasteiger partial charge in [-0.05, 0) is 36.2 Å². The fourth-order valence-electron chi connectivity index (χ4n) is 3.86. The van der Waals surface area contributed by atoms with Crippen LogP contribution in [0, 0.1) is 0 Å². The topological polar surface area (TPSA) is 45.2 Å². The van der Waals surface area contributed by atoms with E-state index in [1.807, 2.05) is 4.90 Å². The van der Waals surface area contributed by atoms with Gasteiger partial charge in [-0.2, -0.15) is 0 Å². The molecule has 1 aromatic carbocycles. The molecule has 1 amide bonds. The number of rotatable bonds is 6. The Morgan fingerprint density at radius 2 is 1.62 bits per heavy atom. The van der Waals surface area contributed by atoms with E-state index in [9.17, 15) is 4.79 Å². The molecule has 1 saturated heterocycles. The summed E-state index contributed by atoms with van der Waals surface area (Å²) in [6, 6.07) is 4.16. The highest BCUT2D eigenvalue weighted by molar-refractivity contribution is 5.76. The normalized spacial score (nSPS) is 18.5. The van der Waals surface area contributed by atoms with Crippen molar-refractivity contribution in [2.45, 2.75) is 26.3 Å². The number of carbonyl (C=O) groups is 1. The Morgan fingerprint density at radius 1 is 0.962 bits per heavy atom. The molecule has 2 aliphatic rings. The van der Waals surface area contributed by atoms with Gasteiger partial charge in [0.1, 0.15) is 0 Å². The third-order valence-electron chi connectivity index (χ3n) is 5.61. The Bertz CT molecular complexity index is 627. The molecule has 26 heavy (non-hydrogen) atoms. The summed E-state index contributed by atoms with van der Waals surface area (Å²) in [5, 5.41) is 0. The molecular formula is C20H31N3O3. The van der Waals surface area contributed by atoms with Crippen LogP contribution in [0.15, 0.2) is 12.1 Å². The van der Waals surface area contributed by atoms with Crippen molar-refractivity contribution in [2.75, 3.05) is 60.0 Å². The number of fused-ring (bicyclic) bond motifs is 1. The first-order valence-corrected chi connectivity index (χ1v) is 9.60. The van der Waals surface area contributed by atoms with E-state index in [0.717, 1.165) is 70.3 Å². The lowest BCUT2D eigenvalue weighted by atomic mass is 9.98. The van der Waals surface area contributed by atoms with Crippen LogP contribution in [-0.2, 0) is 17.8 Å². The zero-order valence-corrected chi connectivity index (χ0v) is 16.3. The molecule has 3 rings (SSSR count). The molecule has 6 nitrogen and oxygen atoms in total. The lowest BCUT2D eigenvalue weighted by Crippen LogP contribution is -2.49. The van der Waals surface area contributed by atoms with Crippen molar-refractivity contribution in [1.29, 1.82) is 0 Å². The molecule has 6 heteroatoms. The highest BCUT2D eigenvalue weighted by Gasteiger charge is 2.23. The summed E-state index contributed by atoms with van der Waals surface area (Å²) in [6.45, 7) is 9.66. The van der Waals surface area contributed by atoms with Crippen LogP contribution >= 0.6 is 0 Å². The molecule has 0 spiro atoms. The van der Waals surface area contributed by atoms with E-state index in [4.69, 9.17) is 9.47 Å². The van der Waals surface area contributed by atoms with Crippen molar-refractivity contribution in [3.8, 4) is 11.5 Å². The van der Waals surface area contributed by atoms with Crippen LogP contribution in [0.25, 0.3) is 0 Å².